The molecule has 0 saturated carbocycles. The van der Waals surface area contributed by atoms with Gasteiger partial charge >= 0.3 is 39.5 Å². The van der Waals surface area contributed by atoms with Crippen molar-refractivity contribution in [3.63, 3.8) is 0 Å². The van der Waals surface area contributed by atoms with E-state index in [0.717, 1.165) is 102 Å². The molecule has 0 rings (SSSR count). The van der Waals surface area contributed by atoms with Crippen LogP contribution in [0.1, 0.15) is 395 Å². The zero-order chi connectivity index (χ0) is 70.0. The molecule has 7 atom stereocenters. The van der Waals surface area contributed by atoms with Gasteiger partial charge in [-0.2, -0.15) is 0 Å². The fourth-order valence-electron chi connectivity index (χ4n) is 11.6. The molecule has 19 heteroatoms. The number of carbonyl (C=O) groups is 4. The zero-order valence-electron chi connectivity index (χ0n) is 62.0. The molecule has 3 N–H and O–H groups in total. The molecule has 17 nitrogen and oxygen atoms in total. The molecule has 0 radical (unpaired) electrons. The number of rotatable bonds is 75. The van der Waals surface area contributed by atoms with Crippen LogP contribution in [-0.4, -0.2) is 96.7 Å². The van der Waals surface area contributed by atoms with E-state index in [-0.39, 0.29) is 25.7 Å². The number of ether oxygens (including phenoxy) is 4. The normalized spacial score (nSPS) is 14.6. The third-order valence-electron chi connectivity index (χ3n) is 18.4. The van der Waals surface area contributed by atoms with Crippen molar-refractivity contribution in [2.24, 2.45) is 11.8 Å². The van der Waals surface area contributed by atoms with E-state index in [9.17, 15) is 43.2 Å². The number of hydrogen-bond donors (Lipinski definition) is 3. The zero-order valence-corrected chi connectivity index (χ0v) is 63.8. The molecule has 0 aliphatic carbocycles. The lowest BCUT2D eigenvalue weighted by atomic mass is 9.99. The molecule has 0 heterocycles. The number of aliphatic hydroxyl groups excluding tert-OH is 1. The molecule has 0 aromatic carbocycles. The second-order valence-electron chi connectivity index (χ2n) is 27.9. The van der Waals surface area contributed by atoms with E-state index in [1.807, 2.05) is 0 Å². The first-order valence-corrected chi connectivity index (χ1v) is 42.6. The monoisotopic (exact) mass is 1400 g/mol. The topological polar surface area (TPSA) is 237 Å². The summed E-state index contributed by atoms with van der Waals surface area (Å²) in [4.78, 5) is 72.9. The van der Waals surface area contributed by atoms with Gasteiger partial charge in [0, 0.05) is 25.7 Å². The minimum atomic E-state index is -4.96. The summed E-state index contributed by atoms with van der Waals surface area (Å²) in [6.07, 6.45) is 55.1. The van der Waals surface area contributed by atoms with Crippen molar-refractivity contribution in [2.75, 3.05) is 39.6 Å². The number of hydrogen-bond acceptors (Lipinski definition) is 15. The van der Waals surface area contributed by atoms with Gasteiger partial charge in [-0.05, 0) is 37.5 Å². The fourth-order valence-corrected chi connectivity index (χ4v) is 13.2. The summed E-state index contributed by atoms with van der Waals surface area (Å²) < 4.78 is 68.6. The van der Waals surface area contributed by atoms with Crippen LogP contribution in [-0.2, 0) is 65.4 Å². The Morgan fingerprint density at radius 2 is 0.505 bits per heavy atom. The predicted octanol–water partition coefficient (Wildman–Crippen LogP) is 22.3. The van der Waals surface area contributed by atoms with E-state index in [1.165, 1.54) is 212 Å². The minimum absolute atomic E-state index is 0.107. The van der Waals surface area contributed by atoms with Crippen molar-refractivity contribution in [3.05, 3.63) is 0 Å². The molecule has 564 valence electrons. The van der Waals surface area contributed by atoms with E-state index in [2.05, 4.69) is 41.5 Å². The predicted molar refractivity (Wildman–Crippen MR) is 386 cm³/mol. The first-order chi connectivity index (χ1) is 45.9. The molecule has 0 aliphatic rings. The maximum absolute atomic E-state index is 13.1. The Hall–Kier alpha value is -1.94. The highest BCUT2D eigenvalue weighted by Gasteiger charge is 2.30. The van der Waals surface area contributed by atoms with Gasteiger partial charge in [0.1, 0.15) is 19.3 Å². The van der Waals surface area contributed by atoms with Gasteiger partial charge < -0.3 is 33.8 Å². The highest BCUT2D eigenvalue weighted by molar-refractivity contribution is 7.47. The van der Waals surface area contributed by atoms with Crippen molar-refractivity contribution < 1.29 is 80.2 Å². The number of unbranched alkanes of at least 4 members (excludes halogenated alkanes) is 43. The number of phosphoric ester groups is 2. The van der Waals surface area contributed by atoms with Gasteiger partial charge in [-0.3, -0.25) is 37.3 Å². The van der Waals surface area contributed by atoms with Gasteiger partial charge in [-0.15, -0.1) is 0 Å². The number of carbonyl (C=O) groups excluding carboxylic acids is 4. The van der Waals surface area contributed by atoms with Crippen LogP contribution in [0, 0.1) is 11.8 Å². The average Bonchev–Trinajstić information content (AvgIpc) is 2.39. The lowest BCUT2D eigenvalue weighted by Crippen LogP contribution is -2.30. The molecule has 0 spiro atoms. The molecule has 0 fully saturated rings. The lowest BCUT2D eigenvalue weighted by molar-refractivity contribution is -0.161. The van der Waals surface area contributed by atoms with Crippen LogP contribution >= 0.6 is 15.6 Å². The summed E-state index contributed by atoms with van der Waals surface area (Å²) in [7, 11) is -9.91. The molecular formula is C76H148O17P2. The number of aliphatic hydroxyl groups is 1. The van der Waals surface area contributed by atoms with Gasteiger partial charge in [0.25, 0.3) is 0 Å². The smallest absolute Gasteiger partial charge is 0.462 e. The fraction of sp³-hybridized carbons (Fsp3) is 0.947. The second kappa shape index (κ2) is 67.9. The van der Waals surface area contributed by atoms with Gasteiger partial charge in [0.05, 0.1) is 26.4 Å². The largest absolute Gasteiger partial charge is 0.472 e. The molecule has 95 heavy (non-hydrogen) atoms. The van der Waals surface area contributed by atoms with Crippen molar-refractivity contribution >= 4 is 39.5 Å². The van der Waals surface area contributed by atoms with Crippen LogP contribution in [0.5, 0.6) is 0 Å². The molecule has 4 unspecified atom stereocenters. The van der Waals surface area contributed by atoms with Gasteiger partial charge in [-0.25, -0.2) is 9.13 Å². The molecule has 0 amide bonds. The van der Waals surface area contributed by atoms with Crippen molar-refractivity contribution in [1.29, 1.82) is 0 Å². The molecule has 0 bridgehead atoms. The molecule has 0 aromatic heterocycles. The summed E-state index contributed by atoms with van der Waals surface area (Å²) in [6, 6.07) is 0. The third-order valence-corrected chi connectivity index (χ3v) is 20.3. The highest BCUT2D eigenvalue weighted by atomic mass is 31.2. The van der Waals surface area contributed by atoms with Crippen LogP contribution in [0.15, 0.2) is 0 Å². The summed E-state index contributed by atoms with van der Waals surface area (Å²) in [6.45, 7) is 9.66. The van der Waals surface area contributed by atoms with Gasteiger partial charge in [0.2, 0.25) is 0 Å². The van der Waals surface area contributed by atoms with E-state index >= 15 is 0 Å². The van der Waals surface area contributed by atoms with Crippen LogP contribution < -0.4 is 0 Å². The van der Waals surface area contributed by atoms with Crippen LogP contribution in [0.2, 0.25) is 0 Å². The maximum Gasteiger partial charge on any atom is 0.472 e. The standard InChI is InChI=1S/C76H148O17P2/c1-7-11-13-15-17-19-21-23-24-25-27-36-42-48-54-60-75(80)92-71(65-87-74(79)59-53-47-41-35-30-28-32-38-44-50-56-68(5)9-3)66-90-94(82,83)88-62-70(77)63-89-95(84,85)91-67-72(64-86-73(78)58-52-46-40-34-26-22-20-18-16-14-12-8-2)93-76(81)61-55-49-43-37-31-29-33-39-45-51-57-69(6)10-4/h68-72,77H,7-67H2,1-6H3,(H,82,83)(H,84,85)/t68?,69?,70-,71-,72-/m1/s1. The average molecular weight is 1400 g/mol. The van der Waals surface area contributed by atoms with Crippen LogP contribution in [0.25, 0.3) is 0 Å². The van der Waals surface area contributed by atoms with Crippen LogP contribution in [0.3, 0.4) is 0 Å². The lowest BCUT2D eigenvalue weighted by Gasteiger charge is -2.21. The number of phosphoric acid groups is 2. The summed E-state index contributed by atoms with van der Waals surface area (Å²) in [5, 5.41) is 10.6. The Bertz CT molecular complexity index is 1840. The summed E-state index contributed by atoms with van der Waals surface area (Å²) >= 11 is 0. The third kappa shape index (κ3) is 67.6. The Balaban J connectivity index is 5.28. The quantitative estimate of drug-likeness (QED) is 0.0222. The van der Waals surface area contributed by atoms with Crippen LogP contribution in [0.4, 0.5) is 0 Å². The molecule has 0 aromatic rings. The van der Waals surface area contributed by atoms with E-state index in [4.69, 9.17) is 37.0 Å². The van der Waals surface area contributed by atoms with Gasteiger partial charge in [-0.1, -0.05) is 343 Å². The molecule has 0 aliphatic heterocycles. The molecule has 0 saturated heterocycles. The Kier molecular flexibility index (Phi) is 66.5. The van der Waals surface area contributed by atoms with Gasteiger partial charge in [0.15, 0.2) is 12.2 Å². The maximum atomic E-state index is 13.1. The summed E-state index contributed by atoms with van der Waals surface area (Å²) in [5.41, 5.74) is 0. The van der Waals surface area contributed by atoms with E-state index in [0.29, 0.717) is 25.7 Å². The van der Waals surface area contributed by atoms with Crippen molar-refractivity contribution in [2.45, 2.75) is 413 Å². The van der Waals surface area contributed by atoms with E-state index < -0.39 is 97.5 Å². The Morgan fingerprint density at radius 1 is 0.295 bits per heavy atom. The van der Waals surface area contributed by atoms with E-state index in [1.54, 1.807) is 0 Å². The number of esters is 4. The minimum Gasteiger partial charge on any atom is -0.462 e. The summed E-state index contributed by atoms with van der Waals surface area (Å²) in [5.74, 6) is -0.500. The first kappa shape index (κ1) is 93.1. The van der Waals surface area contributed by atoms with Crippen molar-refractivity contribution in [3.8, 4) is 0 Å². The van der Waals surface area contributed by atoms with Crippen molar-refractivity contribution in [1.82, 2.24) is 0 Å². The Labute approximate surface area is 581 Å². The SMILES string of the molecule is CCCCCCCCCCCCCCCCCC(=O)O[C@H](COC(=O)CCCCCCCCCCCCC(C)CC)COP(=O)(O)OC[C@@H](O)COP(=O)(O)OC[C@@H](COC(=O)CCCCCCCCCCCCCC)OC(=O)CCCCCCCCCCCCC(C)CC. The Morgan fingerprint density at radius 3 is 0.747 bits per heavy atom. The molecular weight excluding hydrogens is 1250 g/mol. The second-order valence-corrected chi connectivity index (χ2v) is 30.8. The highest BCUT2D eigenvalue weighted by Crippen LogP contribution is 2.45. The first-order valence-electron chi connectivity index (χ1n) is 39.6.